The van der Waals surface area contributed by atoms with Crippen LogP contribution in [-0.2, 0) is 19.8 Å². The summed E-state index contributed by atoms with van der Waals surface area (Å²) in [6, 6.07) is 11.0. The number of hydrogen-bond acceptors (Lipinski definition) is 6. The number of ether oxygens (including phenoxy) is 1. The molecule has 270 valence electrons. The van der Waals surface area contributed by atoms with Crippen LogP contribution in [0.1, 0.15) is 96.1 Å². The van der Waals surface area contributed by atoms with E-state index in [0.29, 0.717) is 12.2 Å². The van der Waals surface area contributed by atoms with E-state index in [9.17, 15) is 9.59 Å². The van der Waals surface area contributed by atoms with Crippen molar-refractivity contribution in [2.24, 2.45) is 5.92 Å². The predicted molar refractivity (Wildman–Crippen MR) is 194 cm³/mol. The van der Waals surface area contributed by atoms with Crippen molar-refractivity contribution < 1.29 is 27.9 Å². The first-order valence-corrected chi connectivity index (χ1v) is 17.1. The van der Waals surface area contributed by atoms with Crippen molar-refractivity contribution in [3.8, 4) is 29.7 Å². The highest BCUT2D eigenvalue weighted by Crippen LogP contribution is 2.46. The van der Waals surface area contributed by atoms with Gasteiger partial charge in [-0.2, -0.15) is 0 Å². The maximum Gasteiger partial charge on any atom is 0.229 e. The lowest BCUT2D eigenvalue weighted by Crippen LogP contribution is -2.38. The molecule has 7 nitrogen and oxygen atoms in total. The van der Waals surface area contributed by atoms with E-state index >= 15 is 8.78 Å². The zero-order chi connectivity index (χ0) is 37.2. The number of alkyl halides is 1. The van der Waals surface area contributed by atoms with E-state index in [4.69, 9.17) is 9.53 Å². The summed E-state index contributed by atoms with van der Waals surface area (Å²) in [5.41, 5.74) is 0.140. The third-order valence-corrected chi connectivity index (χ3v) is 9.68. The van der Waals surface area contributed by atoms with Crippen LogP contribution in [0.25, 0.3) is 11.1 Å². The maximum atomic E-state index is 15.4. The van der Waals surface area contributed by atoms with Crippen LogP contribution >= 0.6 is 0 Å². The number of carbonyl (C=O) groups excluding carboxylic acids is 3. The van der Waals surface area contributed by atoms with Crippen molar-refractivity contribution in [3.05, 3.63) is 53.3 Å². The second-order valence-electron chi connectivity index (χ2n) is 15.0. The number of amides is 1. The minimum absolute atomic E-state index is 0.0680. The highest BCUT2D eigenvalue weighted by molar-refractivity contribution is 5.89. The molecule has 0 radical (unpaired) electrons. The van der Waals surface area contributed by atoms with Gasteiger partial charge < -0.3 is 25.1 Å². The van der Waals surface area contributed by atoms with Gasteiger partial charge in [-0.1, -0.05) is 24.6 Å². The molecule has 3 atom stereocenters. The average molecular weight is 682 g/mol. The molecule has 1 saturated heterocycles. The molecule has 3 aliphatic rings. The number of rotatable bonds is 9. The minimum Gasteiger partial charge on any atom is -0.490 e. The Hall–Kier alpha value is -3.61. The summed E-state index contributed by atoms with van der Waals surface area (Å²) in [7, 11) is 7.62. The minimum atomic E-state index is -1.81. The number of nitrogens with one attached hydrogen (secondary N) is 2. The standard InChI is InChI=1S/C34H44F2N2O3.C3H9N.C2H2.CH2O/c1-32(2)19-34(36,20-38-32)29(39)17-21-12-14-24(16-21)41-28-15-13-23(33(3,4)31(40)37-5)18-26(28)25-10-7-11-27(35)30(25)22-8-6-9-22;1-4(2)3;2*1-2/h7,10-11,13,15,18,21-22,24,38H,6,8-9,12,14,16-17,19-20H2,1-5H3,(H,37,40);1-3H3;1-2H;1H2/t21-,24?,34+;;;/m1.../s1. The van der Waals surface area contributed by atoms with E-state index < -0.39 is 11.1 Å². The molecule has 9 heteroatoms. The summed E-state index contributed by atoms with van der Waals surface area (Å²) in [6.45, 7) is 9.68. The lowest BCUT2D eigenvalue weighted by Gasteiger charge is -2.30. The molecule has 2 N–H and O–H groups in total. The van der Waals surface area contributed by atoms with Gasteiger partial charge >= 0.3 is 0 Å². The van der Waals surface area contributed by atoms with Gasteiger partial charge in [0, 0.05) is 37.5 Å². The van der Waals surface area contributed by atoms with Gasteiger partial charge in [-0.25, -0.2) is 8.78 Å². The molecule has 0 spiro atoms. The number of terminal acetylenes is 1. The van der Waals surface area contributed by atoms with Crippen LogP contribution < -0.4 is 15.4 Å². The van der Waals surface area contributed by atoms with E-state index in [2.05, 4.69) is 23.5 Å². The van der Waals surface area contributed by atoms with Crippen molar-refractivity contribution in [3.63, 3.8) is 0 Å². The molecular weight excluding hydrogens is 624 g/mol. The first kappa shape index (κ1) is 41.6. The van der Waals surface area contributed by atoms with E-state index in [1.807, 2.05) is 84.8 Å². The van der Waals surface area contributed by atoms with Crippen LogP contribution in [0.3, 0.4) is 0 Å². The van der Waals surface area contributed by atoms with Gasteiger partial charge in [-0.15, -0.1) is 12.8 Å². The summed E-state index contributed by atoms with van der Waals surface area (Å²) in [5.74, 6) is 0.252. The second kappa shape index (κ2) is 17.9. The summed E-state index contributed by atoms with van der Waals surface area (Å²) in [5, 5.41) is 5.89. The Morgan fingerprint density at radius 2 is 1.69 bits per heavy atom. The Bertz CT molecular complexity index is 1430. The molecule has 2 aromatic carbocycles. The van der Waals surface area contributed by atoms with E-state index in [0.717, 1.165) is 54.4 Å². The van der Waals surface area contributed by atoms with E-state index in [-0.39, 0.29) is 60.4 Å². The average Bonchev–Trinajstić information content (AvgIpc) is 3.60. The Labute approximate surface area is 292 Å². The van der Waals surface area contributed by atoms with Gasteiger partial charge in [0.1, 0.15) is 18.4 Å². The monoisotopic (exact) mass is 681 g/mol. The molecular formula is C40H57F2N3O4. The fourth-order valence-corrected chi connectivity index (χ4v) is 6.91. The number of hydrogen-bond donors (Lipinski definition) is 2. The van der Waals surface area contributed by atoms with Crippen molar-refractivity contribution in [2.75, 3.05) is 34.7 Å². The highest BCUT2D eigenvalue weighted by atomic mass is 19.1. The summed E-state index contributed by atoms with van der Waals surface area (Å²) in [4.78, 5) is 35.7. The number of carbonyl (C=O) groups is 3. The van der Waals surface area contributed by atoms with Crippen molar-refractivity contribution in [1.82, 2.24) is 15.5 Å². The molecule has 5 rings (SSSR count). The molecule has 1 heterocycles. The van der Waals surface area contributed by atoms with Crippen LogP contribution in [0, 0.1) is 24.6 Å². The first-order valence-electron chi connectivity index (χ1n) is 17.1. The Morgan fingerprint density at radius 3 is 2.22 bits per heavy atom. The van der Waals surface area contributed by atoms with Gasteiger partial charge in [0.15, 0.2) is 11.5 Å². The predicted octanol–water partition coefficient (Wildman–Crippen LogP) is 7.01. The van der Waals surface area contributed by atoms with Crippen molar-refractivity contribution in [2.45, 2.75) is 108 Å². The Morgan fingerprint density at radius 1 is 1.06 bits per heavy atom. The molecule has 0 aromatic heterocycles. The van der Waals surface area contributed by atoms with Crippen LogP contribution in [0.15, 0.2) is 36.4 Å². The summed E-state index contributed by atoms with van der Waals surface area (Å²) < 4.78 is 37.3. The third kappa shape index (κ3) is 10.4. The highest BCUT2D eigenvalue weighted by Gasteiger charge is 2.49. The number of likely N-dealkylation sites (N-methyl/N-ethyl adjacent to an activating group) is 1. The number of benzene rings is 2. The van der Waals surface area contributed by atoms with Crippen LogP contribution in [0.4, 0.5) is 8.78 Å². The van der Waals surface area contributed by atoms with Gasteiger partial charge in [-0.05, 0) is 128 Å². The molecule has 0 bridgehead atoms. The zero-order valence-corrected chi connectivity index (χ0v) is 30.8. The lowest BCUT2D eigenvalue weighted by molar-refractivity contribution is -0.130. The SMILES string of the molecule is C#C.C=O.CN(C)C.CNC(=O)C(C)(C)c1ccc(OC2CC[C@@H](CC(=O)[C@@]3(F)CNC(C)(C)C3)C2)c(-c2cccc(F)c2C2CCC2)c1. The van der Waals surface area contributed by atoms with E-state index in [1.54, 1.807) is 13.1 Å². The lowest BCUT2D eigenvalue weighted by atomic mass is 9.76. The van der Waals surface area contributed by atoms with Gasteiger partial charge in [0.2, 0.25) is 5.91 Å². The van der Waals surface area contributed by atoms with Crippen LogP contribution in [0.5, 0.6) is 5.75 Å². The Kier molecular flexibility index (Phi) is 15.2. The van der Waals surface area contributed by atoms with Gasteiger partial charge in [0.05, 0.1) is 11.5 Å². The summed E-state index contributed by atoms with van der Waals surface area (Å²) >= 11 is 0. The molecule has 1 aliphatic heterocycles. The smallest absolute Gasteiger partial charge is 0.229 e. The molecule has 3 fully saturated rings. The van der Waals surface area contributed by atoms with Crippen LogP contribution in [-0.4, -0.2) is 75.4 Å². The number of nitrogens with zero attached hydrogens (tertiary/aromatic N) is 1. The normalized spacial score (nSPS) is 22.6. The second-order valence-corrected chi connectivity index (χ2v) is 15.0. The summed E-state index contributed by atoms with van der Waals surface area (Å²) in [6.07, 6.45) is 13.5. The first-order chi connectivity index (χ1) is 23.1. The molecule has 2 aromatic rings. The number of Topliss-reactive ketones (excluding diaryl/α,β-unsaturated/α-hetero) is 1. The van der Waals surface area contributed by atoms with E-state index in [1.165, 1.54) is 6.07 Å². The van der Waals surface area contributed by atoms with Crippen molar-refractivity contribution >= 4 is 18.5 Å². The van der Waals surface area contributed by atoms with Crippen molar-refractivity contribution in [1.29, 1.82) is 0 Å². The largest absolute Gasteiger partial charge is 0.490 e. The number of ketones is 1. The molecule has 2 saturated carbocycles. The molecule has 2 aliphatic carbocycles. The molecule has 1 unspecified atom stereocenters. The maximum absolute atomic E-state index is 15.4. The fraction of sp³-hybridized carbons (Fsp3) is 0.575. The molecule has 1 amide bonds. The fourth-order valence-electron chi connectivity index (χ4n) is 6.91. The zero-order valence-electron chi connectivity index (χ0n) is 30.8. The van der Waals surface area contributed by atoms with Crippen LogP contribution in [0.2, 0.25) is 0 Å². The quantitative estimate of drug-likeness (QED) is 0.277. The third-order valence-electron chi connectivity index (χ3n) is 9.68. The molecule has 49 heavy (non-hydrogen) atoms. The van der Waals surface area contributed by atoms with Gasteiger partial charge in [0.25, 0.3) is 0 Å². The Balaban J connectivity index is 0.000000956. The van der Waals surface area contributed by atoms with Gasteiger partial charge in [-0.3, -0.25) is 9.59 Å². The number of halogens is 2. The topological polar surface area (TPSA) is 87.7 Å².